The zero-order chi connectivity index (χ0) is 20.2. The van der Waals surface area contributed by atoms with Gasteiger partial charge in [-0.1, -0.05) is 41.5 Å². The van der Waals surface area contributed by atoms with Gasteiger partial charge in [0.2, 0.25) is 6.41 Å². The number of benzene rings is 2. The normalized spacial score (nSPS) is 15.3. The van der Waals surface area contributed by atoms with Crippen molar-refractivity contribution in [1.29, 1.82) is 0 Å². The summed E-state index contributed by atoms with van der Waals surface area (Å²) >= 11 is 0. The molecule has 0 saturated carbocycles. The first-order valence-electron chi connectivity index (χ1n) is 10.3. The maximum Gasteiger partial charge on any atom is 0.209 e. The number of nitrogens with zero attached hydrogens (tertiary/aromatic N) is 4. The number of aryl methyl sites for hydroxylation is 2. The molecule has 0 spiro atoms. The molecule has 0 bridgehead atoms. The Morgan fingerprint density at radius 1 is 0.966 bits per heavy atom. The van der Waals surface area contributed by atoms with Gasteiger partial charge >= 0.3 is 0 Å². The molecule has 1 aliphatic rings. The van der Waals surface area contributed by atoms with Gasteiger partial charge in [0, 0.05) is 50.0 Å². The zero-order valence-electron chi connectivity index (χ0n) is 17.2. The standard InChI is InChI=1S/C24H28N4O/c1-19-7-9-23(10-8-19)28-17-22(16-26-11-4-12-27(18-29)14-13-26)24(25-28)21-6-3-5-20(2)15-21/h3,5-10,15,17-18H,4,11-14,16H2,1-2H3. The summed E-state index contributed by atoms with van der Waals surface area (Å²) in [6.45, 7) is 8.56. The third-order valence-electron chi connectivity index (χ3n) is 5.55. The van der Waals surface area contributed by atoms with Crippen molar-refractivity contribution in [1.82, 2.24) is 19.6 Å². The Morgan fingerprint density at radius 2 is 1.79 bits per heavy atom. The van der Waals surface area contributed by atoms with Gasteiger partial charge in [0.15, 0.2) is 0 Å². The van der Waals surface area contributed by atoms with Crippen LogP contribution in [-0.2, 0) is 11.3 Å². The second kappa shape index (κ2) is 8.62. The van der Waals surface area contributed by atoms with E-state index in [-0.39, 0.29) is 0 Å². The summed E-state index contributed by atoms with van der Waals surface area (Å²) in [5, 5.41) is 4.96. The van der Waals surface area contributed by atoms with Gasteiger partial charge in [-0.05, 0) is 38.5 Å². The van der Waals surface area contributed by atoms with Crippen LogP contribution in [0.1, 0.15) is 23.1 Å². The van der Waals surface area contributed by atoms with Crippen molar-refractivity contribution in [2.75, 3.05) is 26.2 Å². The fourth-order valence-electron chi connectivity index (χ4n) is 3.89. The molecule has 5 heteroatoms. The van der Waals surface area contributed by atoms with Crippen molar-refractivity contribution in [3.8, 4) is 16.9 Å². The van der Waals surface area contributed by atoms with E-state index in [0.29, 0.717) is 0 Å². The average Bonchev–Trinajstić information content (AvgIpc) is 3.00. The van der Waals surface area contributed by atoms with E-state index in [1.807, 2.05) is 9.58 Å². The molecule has 29 heavy (non-hydrogen) atoms. The molecule has 2 heterocycles. The number of rotatable bonds is 5. The summed E-state index contributed by atoms with van der Waals surface area (Å²) in [4.78, 5) is 15.4. The minimum absolute atomic E-state index is 0.787. The summed E-state index contributed by atoms with van der Waals surface area (Å²) in [5.74, 6) is 0. The molecule has 1 saturated heterocycles. The molecule has 150 valence electrons. The second-order valence-corrected chi connectivity index (χ2v) is 7.92. The van der Waals surface area contributed by atoms with Crippen molar-refractivity contribution in [2.45, 2.75) is 26.8 Å². The molecule has 1 fully saturated rings. The van der Waals surface area contributed by atoms with Crippen LogP contribution in [0.5, 0.6) is 0 Å². The van der Waals surface area contributed by atoms with Gasteiger partial charge in [-0.25, -0.2) is 4.68 Å². The highest BCUT2D eigenvalue weighted by molar-refractivity contribution is 5.64. The monoisotopic (exact) mass is 388 g/mol. The van der Waals surface area contributed by atoms with E-state index in [1.54, 1.807) is 0 Å². The molecule has 0 atom stereocenters. The van der Waals surface area contributed by atoms with E-state index in [1.165, 1.54) is 16.7 Å². The van der Waals surface area contributed by atoms with E-state index < -0.39 is 0 Å². The number of aromatic nitrogens is 2. The molecule has 0 unspecified atom stereocenters. The van der Waals surface area contributed by atoms with E-state index in [4.69, 9.17) is 5.10 Å². The van der Waals surface area contributed by atoms with Crippen LogP contribution in [0.4, 0.5) is 0 Å². The second-order valence-electron chi connectivity index (χ2n) is 7.92. The fraction of sp³-hybridized carbons (Fsp3) is 0.333. The van der Waals surface area contributed by atoms with Crippen LogP contribution in [0.25, 0.3) is 16.9 Å². The summed E-state index contributed by atoms with van der Waals surface area (Å²) in [7, 11) is 0. The van der Waals surface area contributed by atoms with Crippen molar-refractivity contribution in [2.24, 2.45) is 0 Å². The Bertz CT molecular complexity index is 977. The average molecular weight is 389 g/mol. The van der Waals surface area contributed by atoms with Gasteiger partial charge < -0.3 is 4.90 Å². The van der Waals surface area contributed by atoms with Crippen LogP contribution >= 0.6 is 0 Å². The number of hydrogen-bond acceptors (Lipinski definition) is 3. The van der Waals surface area contributed by atoms with Gasteiger partial charge in [-0.2, -0.15) is 5.10 Å². The van der Waals surface area contributed by atoms with Gasteiger partial charge in [-0.3, -0.25) is 9.69 Å². The van der Waals surface area contributed by atoms with Crippen LogP contribution in [0.15, 0.2) is 54.7 Å². The Morgan fingerprint density at radius 3 is 2.55 bits per heavy atom. The third kappa shape index (κ3) is 4.57. The van der Waals surface area contributed by atoms with Crippen molar-refractivity contribution < 1.29 is 4.79 Å². The van der Waals surface area contributed by atoms with Crippen LogP contribution in [0, 0.1) is 13.8 Å². The lowest BCUT2D eigenvalue weighted by molar-refractivity contribution is -0.118. The number of amides is 1. The van der Waals surface area contributed by atoms with E-state index in [9.17, 15) is 4.79 Å². The molecule has 0 aliphatic carbocycles. The number of hydrogen-bond donors (Lipinski definition) is 0. The molecule has 2 aromatic carbocycles. The Hall–Kier alpha value is -2.92. The molecular weight excluding hydrogens is 360 g/mol. The highest BCUT2D eigenvalue weighted by Gasteiger charge is 2.18. The molecular formula is C24H28N4O. The van der Waals surface area contributed by atoms with Gasteiger partial charge in [0.05, 0.1) is 11.4 Å². The molecule has 4 rings (SSSR count). The van der Waals surface area contributed by atoms with Crippen molar-refractivity contribution in [3.63, 3.8) is 0 Å². The fourth-order valence-corrected chi connectivity index (χ4v) is 3.89. The molecule has 3 aromatic rings. The first kappa shape index (κ1) is 19.4. The van der Waals surface area contributed by atoms with Crippen LogP contribution in [-0.4, -0.2) is 52.2 Å². The van der Waals surface area contributed by atoms with Crippen LogP contribution < -0.4 is 0 Å². The van der Waals surface area contributed by atoms with Gasteiger partial charge in [0.25, 0.3) is 0 Å². The first-order valence-corrected chi connectivity index (χ1v) is 10.3. The zero-order valence-corrected chi connectivity index (χ0v) is 17.2. The van der Waals surface area contributed by atoms with E-state index in [0.717, 1.165) is 62.5 Å². The molecule has 0 radical (unpaired) electrons. The maximum atomic E-state index is 11.1. The highest BCUT2D eigenvalue weighted by atomic mass is 16.1. The summed E-state index contributed by atoms with van der Waals surface area (Å²) < 4.78 is 1.99. The minimum atomic E-state index is 0.787. The lowest BCUT2D eigenvalue weighted by Gasteiger charge is -2.19. The van der Waals surface area contributed by atoms with Crippen molar-refractivity contribution in [3.05, 3.63) is 71.4 Å². The predicted molar refractivity (Wildman–Crippen MR) is 116 cm³/mol. The number of carbonyl (C=O) groups excluding carboxylic acids is 1. The maximum absolute atomic E-state index is 11.1. The topological polar surface area (TPSA) is 41.4 Å². The lowest BCUT2D eigenvalue weighted by atomic mass is 10.1. The minimum Gasteiger partial charge on any atom is -0.344 e. The quantitative estimate of drug-likeness (QED) is 0.624. The van der Waals surface area contributed by atoms with Crippen molar-refractivity contribution >= 4 is 6.41 Å². The van der Waals surface area contributed by atoms with Gasteiger partial charge in [0.1, 0.15) is 0 Å². The first-order chi connectivity index (χ1) is 14.1. The summed E-state index contributed by atoms with van der Waals surface area (Å²) in [5.41, 5.74) is 6.94. The highest BCUT2D eigenvalue weighted by Crippen LogP contribution is 2.26. The lowest BCUT2D eigenvalue weighted by Crippen LogP contribution is -2.29. The Balaban J connectivity index is 1.67. The molecule has 5 nitrogen and oxygen atoms in total. The SMILES string of the molecule is Cc1ccc(-n2cc(CN3CCCN(C=O)CC3)c(-c3cccc(C)c3)n2)cc1. The Kier molecular flexibility index (Phi) is 5.76. The molecule has 1 aromatic heterocycles. The third-order valence-corrected chi connectivity index (χ3v) is 5.55. The van der Waals surface area contributed by atoms with Gasteiger partial charge in [-0.15, -0.1) is 0 Å². The largest absolute Gasteiger partial charge is 0.344 e. The van der Waals surface area contributed by atoms with Crippen LogP contribution in [0.3, 0.4) is 0 Å². The Labute approximate surface area is 172 Å². The number of carbonyl (C=O) groups is 1. The summed E-state index contributed by atoms with van der Waals surface area (Å²) in [6.07, 6.45) is 4.13. The molecule has 1 aliphatic heterocycles. The summed E-state index contributed by atoms with van der Waals surface area (Å²) in [6, 6.07) is 17.0. The van der Waals surface area contributed by atoms with E-state index >= 15 is 0 Å². The smallest absolute Gasteiger partial charge is 0.209 e. The van der Waals surface area contributed by atoms with E-state index in [2.05, 4.69) is 73.5 Å². The van der Waals surface area contributed by atoms with Crippen LogP contribution in [0.2, 0.25) is 0 Å². The molecule has 0 N–H and O–H groups in total. The predicted octanol–water partition coefficient (Wildman–Crippen LogP) is 3.82. The molecule has 1 amide bonds.